The standard InChI is InChI=1S/C17H22N8O3S/c1-19-17(27)14-10(8-13(24-25-14)23-16(26)9-4-5-9)21-15-11(29(3,28)20-2)6-7-12(18)22-15/h6-9H,4-5H2,1-3H3,(H,19,27)(H4,18,21,22,23,24,26)/t29-/m1/s1/i1D3,2D3. The van der Waals surface area contributed by atoms with Crippen molar-refractivity contribution in [3.05, 3.63) is 23.9 Å². The average molecular weight is 425 g/mol. The van der Waals surface area contributed by atoms with Crippen LogP contribution in [-0.4, -0.2) is 51.4 Å². The summed E-state index contributed by atoms with van der Waals surface area (Å²) in [6, 6.07) is 3.75. The van der Waals surface area contributed by atoms with Crippen LogP contribution in [0.25, 0.3) is 0 Å². The molecule has 0 aromatic carbocycles. The van der Waals surface area contributed by atoms with Crippen molar-refractivity contribution in [1.82, 2.24) is 20.5 Å². The average Bonchev–Trinajstić information content (AvgIpc) is 3.50. The van der Waals surface area contributed by atoms with Gasteiger partial charge >= 0.3 is 0 Å². The van der Waals surface area contributed by atoms with E-state index < -0.39 is 35.3 Å². The molecular formula is C17H22N8O3S. The minimum atomic E-state index is -3.54. The summed E-state index contributed by atoms with van der Waals surface area (Å²) >= 11 is 0. The molecule has 29 heavy (non-hydrogen) atoms. The normalized spacial score (nSPS) is 19.1. The van der Waals surface area contributed by atoms with Crippen LogP contribution in [0.4, 0.5) is 23.1 Å². The number of pyridine rings is 1. The van der Waals surface area contributed by atoms with E-state index in [1.54, 1.807) is 5.32 Å². The molecule has 1 atom stereocenters. The molecule has 0 bridgehead atoms. The van der Waals surface area contributed by atoms with Crippen LogP contribution >= 0.6 is 0 Å². The Kier molecular flexibility index (Phi) is 3.81. The highest BCUT2D eigenvalue weighted by molar-refractivity contribution is 7.93. The monoisotopic (exact) mass is 424 g/mol. The Labute approximate surface area is 176 Å². The zero-order valence-corrected chi connectivity index (χ0v) is 16.0. The fourth-order valence-corrected chi connectivity index (χ4v) is 3.26. The molecule has 5 N–H and O–H groups in total. The summed E-state index contributed by atoms with van der Waals surface area (Å²) < 4.78 is 60.3. The van der Waals surface area contributed by atoms with Gasteiger partial charge in [-0.1, -0.05) is 0 Å². The topological polar surface area (TPSA) is 164 Å². The Morgan fingerprint density at radius 2 is 2.14 bits per heavy atom. The molecule has 3 rings (SSSR count). The van der Waals surface area contributed by atoms with Gasteiger partial charge in [-0.05, 0) is 25.0 Å². The van der Waals surface area contributed by atoms with Crippen molar-refractivity contribution >= 4 is 44.7 Å². The zero-order valence-electron chi connectivity index (χ0n) is 21.2. The van der Waals surface area contributed by atoms with Crippen LogP contribution in [0.1, 0.15) is 31.6 Å². The van der Waals surface area contributed by atoms with Gasteiger partial charge < -0.3 is 21.7 Å². The number of aromatic nitrogens is 3. The number of nitrogens with two attached hydrogens (primary N) is 1. The van der Waals surface area contributed by atoms with Gasteiger partial charge in [0.2, 0.25) is 5.91 Å². The van der Waals surface area contributed by atoms with E-state index in [0.717, 1.165) is 19.1 Å². The third-order valence-electron chi connectivity index (χ3n) is 4.04. The molecule has 0 unspecified atom stereocenters. The van der Waals surface area contributed by atoms with Crippen molar-refractivity contribution in [3.63, 3.8) is 0 Å². The number of rotatable bonds is 6. The second-order valence-electron chi connectivity index (χ2n) is 6.31. The number of amides is 2. The molecular weight excluding hydrogens is 396 g/mol. The van der Waals surface area contributed by atoms with Crippen molar-refractivity contribution in [3.8, 4) is 0 Å². The van der Waals surface area contributed by atoms with Gasteiger partial charge in [0.15, 0.2) is 11.5 Å². The lowest BCUT2D eigenvalue weighted by Crippen LogP contribution is -2.23. The fourth-order valence-electron chi connectivity index (χ4n) is 2.38. The van der Waals surface area contributed by atoms with E-state index in [4.69, 9.17) is 14.0 Å². The highest BCUT2D eigenvalue weighted by Crippen LogP contribution is 2.31. The van der Waals surface area contributed by atoms with E-state index in [2.05, 4.69) is 30.2 Å². The smallest absolute Gasteiger partial charge is 0.273 e. The summed E-state index contributed by atoms with van der Waals surface area (Å²) in [6.07, 6.45) is 2.53. The summed E-state index contributed by atoms with van der Waals surface area (Å²) in [5.41, 5.74) is 5.08. The molecule has 2 amide bonds. The van der Waals surface area contributed by atoms with Gasteiger partial charge in [-0.2, -0.15) is 0 Å². The van der Waals surface area contributed by atoms with E-state index in [9.17, 15) is 13.8 Å². The third-order valence-corrected chi connectivity index (χ3v) is 5.53. The molecule has 11 nitrogen and oxygen atoms in total. The van der Waals surface area contributed by atoms with E-state index in [1.807, 2.05) is 0 Å². The molecule has 0 aliphatic heterocycles. The van der Waals surface area contributed by atoms with Gasteiger partial charge in [0.25, 0.3) is 5.91 Å². The third kappa shape index (κ3) is 4.59. The molecule has 1 fully saturated rings. The maximum absolute atomic E-state index is 13.1. The minimum absolute atomic E-state index is 0.0434. The largest absolute Gasteiger partial charge is 0.384 e. The molecule has 1 aliphatic rings. The Bertz CT molecular complexity index is 1290. The molecule has 12 heteroatoms. The zero-order chi connectivity index (χ0) is 26.2. The highest BCUT2D eigenvalue weighted by Gasteiger charge is 2.30. The van der Waals surface area contributed by atoms with Crippen LogP contribution in [0.3, 0.4) is 0 Å². The van der Waals surface area contributed by atoms with Gasteiger partial charge in [0.05, 0.1) is 20.3 Å². The molecule has 0 saturated heterocycles. The van der Waals surface area contributed by atoms with Gasteiger partial charge in [0, 0.05) is 40.4 Å². The van der Waals surface area contributed by atoms with Crippen molar-refractivity contribution in [1.29, 1.82) is 0 Å². The number of carbonyl (C=O) groups excluding carboxylic acids is 2. The van der Waals surface area contributed by atoms with Crippen LogP contribution in [0.5, 0.6) is 0 Å². The van der Waals surface area contributed by atoms with Crippen molar-refractivity contribution in [2.45, 2.75) is 17.7 Å². The second-order valence-corrected chi connectivity index (χ2v) is 8.54. The molecule has 1 saturated carbocycles. The SMILES string of the molecule is [2H]C([2H])([2H])N=[S@](C)(=O)c1ccc(N)nc1Nc1cc(NC(=O)C2CC2)nnc1C(=O)NC([2H])([2H])[2H]. The lowest BCUT2D eigenvalue weighted by Gasteiger charge is -2.15. The molecule has 1 aliphatic carbocycles. The van der Waals surface area contributed by atoms with E-state index >= 15 is 0 Å². The number of nitrogens with zero attached hydrogens (tertiary/aromatic N) is 4. The van der Waals surface area contributed by atoms with Crippen LogP contribution < -0.4 is 21.7 Å². The van der Waals surface area contributed by atoms with Crippen LogP contribution in [0.2, 0.25) is 0 Å². The Hall–Kier alpha value is -3.28. The van der Waals surface area contributed by atoms with Crippen molar-refractivity contribution in [2.24, 2.45) is 10.3 Å². The number of anilines is 4. The van der Waals surface area contributed by atoms with Gasteiger partial charge in [-0.25, -0.2) is 13.6 Å². The summed E-state index contributed by atoms with van der Waals surface area (Å²) in [6.45, 7) is -5.72. The quantitative estimate of drug-likeness (QED) is 0.533. The van der Waals surface area contributed by atoms with Crippen LogP contribution in [0, 0.1) is 5.92 Å². The molecule has 2 aromatic heterocycles. The number of hydrogen-bond acceptors (Lipinski definition) is 9. The number of carbonyl (C=O) groups is 2. The molecule has 154 valence electrons. The first-order valence-electron chi connectivity index (χ1n) is 11.3. The lowest BCUT2D eigenvalue weighted by molar-refractivity contribution is -0.117. The minimum Gasteiger partial charge on any atom is -0.384 e. The Balaban J connectivity index is 2.09. The molecule has 0 radical (unpaired) electrons. The molecule has 2 heterocycles. The van der Waals surface area contributed by atoms with Gasteiger partial charge in [-0.15, -0.1) is 10.2 Å². The highest BCUT2D eigenvalue weighted by atomic mass is 32.2. The number of hydrogen-bond donors (Lipinski definition) is 4. The summed E-state index contributed by atoms with van der Waals surface area (Å²) in [7, 11) is -3.54. The van der Waals surface area contributed by atoms with E-state index in [1.165, 1.54) is 18.2 Å². The first kappa shape index (κ1) is 13.8. The van der Waals surface area contributed by atoms with Crippen LogP contribution in [-0.2, 0) is 14.5 Å². The van der Waals surface area contributed by atoms with Crippen LogP contribution in [0.15, 0.2) is 27.5 Å². The number of nitrogens with one attached hydrogen (secondary N) is 3. The van der Waals surface area contributed by atoms with Gasteiger partial charge in [0.1, 0.15) is 11.6 Å². The maximum Gasteiger partial charge on any atom is 0.273 e. The predicted octanol–water partition coefficient (Wildman–Crippen LogP) is 0.992. The summed E-state index contributed by atoms with van der Waals surface area (Å²) in [4.78, 5) is 28.6. The maximum atomic E-state index is 13.1. The number of nitrogen functional groups attached to an aromatic ring is 1. The summed E-state index contributed by atoms with van der Waals surface area (Å²) in [5, 5.41) is 14.5. The first-order valence-corrected chi connectivity index (χ1v) is 10.2. The summed E-state index contributed by atoms with van der Waals surface area (Å²) in [5.74, 6) is -1.92. The van der Waals surface area contributed by atoms with E-state index in [0.29, 0.717) is 0 Å². The van der Waals surface area contributed by atoms with E-state index in [-0.39, 0.29) is 39.9 Å². The predicted molar refractivity (Wildman–Crippen MR) is 109 cm³/mol. The molecule has 0 spiro atoms. The second kappa shape index (κ2) is 7.99. The lowest BCUT2D eigenvalue weighted by atomic mass is 10.2. The van der Waals surface area contributed by atoms with Crippen molar-refractivity contribution < 1.29 is 22.0 Å². The van der Waals surface area contributed by atoms with Gasteiger partial charge in [-0.3, -0.25) is 9.59 Å². The van der Waals surface area contributed by atoms with Crippen molar-refractivity contribution in [2.75, 3.05) is 36.6 Å². The first-order chi connectivity index (χ1) is 16.0. The Morgan fingerprint density at radius 1 is 1.34 bits per heavy atom. The fraction of sp³-hybridized carbons (Fsp3) is 0.353. The molecule has 2 aromatic rings. The Morgan fingerprint density at radius 3 is 2.83 bits per heavy atom.